The van der Waals surface area contributed by atoms with Crippen LogP contribution in [0.2, 0.25) is 10.0 Å². The lowest BCUT2D eigenvalue weighted by Crippen LogP contribution is -2.02. The van der Waals surface area contributed by atoms with Gasteiger partial charge in [0.05, 0.1) is 21.4 Å². The molecule has 0 atom stereocenters. The Morgan fingerprint density at radius 1 is 1.28 bits per heavy atom. The van der Waals surface area contributed by atoms with Gasteiger partial charge >= 0.3 is 0 Å². The predicted octanol–water partition coefficient (Wildman–Crippen LogP) is 4.71. The van der Waals surface area contributed by atoms with E-state index in [-0.39, 0.29) is 0 Å². The molecule has 0 spiro atoms. The Morgan fingerprint density at radius 3 is 2.39 bits per heavy atom. The number of nitrogens with zero attached hydrogens (tertiary/aromatic N) is 1. The Labute approximate surface area is 124 Å². The van der Waals surface area contributed by atoms with Gasteiger partial charge in [0.15, 0.2) is 0 Å². The number of hydrogen-bond donors (Lipinski definition) is 2. The first-order valence-corrected chi connectivity index (χ1v) is 6.92. The topological polar surface area (TPSA) is 40.7 Å². The summed E-state index contributed by atoms with van der Waals surface area (Å²) >= 11 is 15.7. The highest BCUT2D eigenvalue weighted by atomic mass is 79.9. The second-order valence-electron chi connectivity index (χ2n) is 4.01. The van der Waals surface area contributed by atoms with Crippen molar-refractivity contribution in [2.75, 3.05) is 5.32 Å². The van der Waals surface area contributed by atoms with Crippen LogP contribution in [0.3, 0.4) is 0 Å². The first kappa shape index (κ1) is 13.7. The summed E-state index contributed by atoms with van der Waals surface area (Å²) in [4.78, 5) is 0. The van der Waals surface area contributed by atoms with Gasteiger partial charge in [-0.2, -0.15) is 5.10 Å². The van der Waals surface area contributed by atoms with Crippen LogP contribution in [0.25, 0.3) is 0 Å². The van der Waals surface area contributed by atoms with Crippen molar-refractivity contribution in [3.8, 4) is 0 Å². The number of anilines is 1. The van der Waals surface area contributed by atoms with Crippen molar-refractivity contribution in [2.45, 2.75) is 20.4 Å². The molecule has 0 aliphatic rings. The number of nitrogens with one attached hydrogen (secondary N) is 2. The molecule has 0 bridgehead atoms. The molecule has 2 N–H and O–H groups in total. The molecular weight excluding hydrogens is 337 g/mol. The average Bonchev–Trinajstić information content (AvgIpc) is 2.58. The number of aromatic nitrogens is 2. The Kier molecular flexibility index (Phi) is 4.20. The molecule has 18 heavy (non-hydrogen) atoms. The molecule has 0 aliphatic heterocycles. The summed E-state index contributed by atoms with van der Waals surface area (Å²) in [7, 11) is 0. The Bertz CT molecular complexity index is 538. The zero-order chi connectivity index (χ0) is 13.3. The summed E-state index contributed by atoms with van der Waals surface area (Å²) < 4.78 is 0.860. The van der Waals surface area contributed by atoms with E-state index in [2.05, 4.69) is 31.4 Å². The van der Waals surface area contributed by atoms with E-state index < -0.39 is 0 Å². The zero-order valence-corrected chi connectivity index (χ0v) is 13.0. The van der Waals surface area contributed by atoms with Crippen molar-refractivity contribution in [3.05, 3.63) is 43.6 Å². The van der Waals surface area contributed by atoms with Gasteiger partial charge in [-0.1, -0.05) is 39.1 Å². The number of H-pyrrole nitrogens is 1. The van der Waals surface area contributed by atoms with E-state index >= 15 is 0 Å². The number of rotatable bonds is 3. The van der Waals surface area contributed by atoms with Crippen LogP contribution in [0, 0.1) is 13.8 Å². The summed E-state index contributed by atoms with van der Waals surface area (Å²) in [6, 6.07) is 3.62. The van der Waals surface area contributed by atoms with Crippen LogP contribution in [-0.4, -0.2) is 10.2 Å². The predicted molar refractivity (Wildman–Crippen MR) is 79.6 cm³/mol. The summed E-state index contributed by atoms with van der Waals surface area (Å²) in [6.45, 7) is 4.59. The molecule has 1 aromatic carbocycles. The lowest BCUT2D eigenvalue weighted by Gasteiger charge is -2.11. The highest BCUT2D eigenvalue weighted by Crippen LogP contribution is 2.34. The van der Waals surface area contributed by atoms with Gasteiger partial charge in [-0.05, 0) is 26.0 Å². The highest BCUT2D eigenvalue weighted by Gasteiger charge is 2.10. The lowest BCUT2D eigenvalue weighted by molar-refractivity contribution is 1.02. The minimum absolute atomic E-state index is 0.591. The SMILES string of the molecule is Cc1n[nH]c(C)c1CNc1c(Cl)cc(Br)cc1Cl. The van der Waals surface area contributed by atoms with Crippen LogP contribution in [0.1, 0.15) is 17.0 Å². The van der Waals surface area contributed by atoms with Crippen LogP contribution in [0.15, 0.2) is 16.6 Å². The van der Waals surface area contributed by atoms with E-state index in [1.807, 2.05) is 26.0 Å². The first-order chi connectivity index (χ1) is 8.49. The fourth-order valence-electron chi connectivity index (χ4n) is 1.72. The van der Waals surface area contributed by atoms with Crippen molar-refractivity contribution in [2.24, 2.45) is 0 Å². The van der Waals surface area contributed by atoms with Crippen molar-refractivity contribution in [1.29, 1.82) is 0 Å². The maximum absolute atomic E-state index is 6.15. The molecule has 2 rings (SSSR count). The molecule has 3 nitrogen and oxygen atoms in total. The van der Waals surface area contributed by atoms with Gasteiger partial charge in [-0.15, -0.1) is 0 Å². The second kappa shape index (κ2) is 5.51. The molecular formula is C12H12BrCl2N3. The van der Waals surface area contributed by atoms with Crippen LogP contribution in [0.5, 0.6) is 0 Å². The molecule has 0 fully saturated rings. The van der Waals surface area contributed by atoms with E-state index in [9.17, 15) is 0 Å². The molecule has 0 unspecified atom stereocenters. The minimum atomic E-state index is 0.591. The number of benzene rings is 1. The number of aryl methyl sites for hydroxylation is 2. The monoisotopic (exact) mass is 347 g/mol. The second-order valence-corrected chi connectivity index (χ2v) is 5.74. The number of halogens is 3. The van der Waals surface area contributed by atoms with Crippen molar-refractivity contribution in [1.82, 2.24) is 10.2 Å². The molecule has 0 saturated carbocycles. The van der Waals surface area contributed by atoms with Crippen molar-refractivity contribution >= 4 is 44.8 Å². The van der Waals surface area contributed by atoms with Crippen LogP contribution >= 0.6 is 39.1 Å². The van der Waals surface area contributed by atoms with Gasteiger partial charge in [0.1, 0.15) is 0 Å². The molecule has 0 aliphatic carbocycles. The molecule has 0 amide bonds. The van der Waals surface area contributed by atoms with E-state index in [1.165, 1.54) is 0 Å². The Morgan fingerprint density at radius 2 is 1.89 bits per heavy atom. The molecule has 2 aromatic rings. The normalized spacial score (nSPS) is 10.7. The van der Waals surface area contributed by atoms with Gasteiger partial charge in [0, 0.05) is 22.3 Å². The Hall–Kier alpha value is -0.710. The van der Waals surface area contributed by atoms with Crippen LogP contribution in [-0.2, 0) is 6.54 Å². The van der Waals surface area contributed by atoms with Gasteiger partial charge in [0.25, 0.3) is 0 Å². The molecule has 1 heterocycles. The highest BCUT2D eigenvalue weighted by molar-refractivity contribution is 9.10. The Balaban J connectivity index is 2.21. The van der Waals surface area contributed by atoms with Gasteiger partial charge < -0.3 is 5.32 Å². The van der Waals surface area contributed by atoms with Gasteiger partial charge in [-0.25, -0.2) is 0 Å². The molecule has 6 heteroatoms. The van der Waals surface area contributed by atoms with Gasteiger partial charge in [-0.3, -0.25) is 5.10 Å². The minimum Gasteiger partial charge on any atom is -0.378 e. The zero-order valence-electron chi connectivity index (χ0n) is 9.94. The number of aromatic amines is 1. The van der Waals surface area contributed by atoms with Crippen molar-refractivity contribution < 1.29 is 0 Å². The maximum Gasteiger partial charge on any atom is 0.0722 e. The van der Waals surface area contributed by atoms with Gasteiger partial charge in [0.2, 0.25) is 0 Å². The summed E-state index contributed by atoms with van der Waals surface area (Å²) in [5, 5.41) is 11.5. The van der Waals surface area contributed by atoms with Crippen molar-refractivity contribution in [3.63, 3.8) is 0 Å². The van der Waals surface area contributed by atoms with E-state index in [1.54, 1.807) is 0 Å². The van der Waals surface area contributed by atoms with Crippen LogP contribution in [0.4, 0.5) is 5.69 Å². The smallest absolute Gasteiger partial charge is 0.0722 e. The third-order valence-corrected chi connectivity index (χ3v) is 3.78. The third kappa shape index (κ3) is 2.82. The third-order valence-electron chi connectivity index (χ3n) is 2.73. The summed E-state index contributed by atoms with van der Waals surface area (Å²) in [5.41, 5.74) is 3.89. The fourth-order valence-corrected chi connectivity index (χ4v) is 3.06. The van der Waals surface area contributed by atoms with E-state index in [4.69, 9.17) is 23.2 Å². The molecule has 96 valence electrons. The summed E-state index contributed by atoms with van der Waals surface area (Å²) in [6.07, 6.45) is 0. The maximum atomic E-state index is 6.15. The average molecular weight is 349 g/mol. The number of hydrogen-bond acceptors (Lipinski definition) is 2. The first-order valence-electron chi connectivity index (χ1n) is 5.38. The largest absolute Gasteiger partial charge is 0.378 e. The lowest BCUT2D eigenvalue weighted by atomic mass is 10.2. The van der Waals surface area contributed by atoms with Crippen LogP contribution < -0.4 is 5.32 Å². The molecule has 0 radical (unpaired) electrons. The fraction of sp³-hybridized carbons (Fsp3) is 0.250. The molecule has 1 aromatic heterocycles. The van der Waals surface area contributed by atoms with E-state index in [0.717, 1.165) is 27.1 Å². The summed E-state index contributed by atoms with van der Waals surface area (Å²) in [5.74, 6) is 0. The molecule has 0 saturated heterocycles. The van der Waals surface area contributed by atoms with E-state index in [0.29, 0.717) is 16.6 Å². The standard InChI is InChI=1S/C12H12BrCl2N3/c1-6-9(7(2)18-17-6)5-16-12-10(14)3-8(13)4-11(12)15/h3-4,16H,5H2,1-2H3,(H,17,18). The quantitative estimate of drug-likeness (QED) is 0.843.